The van der Waals surface area contributed by atoms with Crippen molar-refractivity contribution in [3.63, 3.8) is 0 Å². The number of furan rings is 1. The Bertz CT molecular complexity index is 400. The fourth-order valence-electron chi connectivity index (χ4n) is 1.37. The molecule has 13 heavy (non-hydrogen) atoms. The molecule has 0 unspecified atom stereocenters. The molecule has 0 atom stereocenters. The highest BCUT2D eigenvalue weighted by molar-refractivity contribution is 7.13. The average molecular weight is 191 g/mol. The topological polar surface area (TPSA) is 26.0 Å². The Morgan fingerprint density at radius 3 is 3.08 bits per heavy atom. The smallest absolute Gasteiger partial charge is 0.126 e. The van der Waals surface area contributed by atoms with Gasteiger partial charge in [-0.25, -0.2) is 4.98 Å². The number of thiazole rings is 1. The van der Waals surface area contributed by atoms with E-state index in [0.29, 0.717) is 0 Å². The Hall–Kier alpha value is -1.09. The first-order valence-electron chi connectivity index (χ1n) is 4.41. The largest absolute Gasteiger partial charge is 0.472 e. The van der Waals surface area contributed by atoms with Gasteiger partial charge in [-0.05, 0) is 18.9 Å². The van der Waals surface area contributed by atoms with E-state index in [1.54, 1.807) is 23.9 Å². The number of hydrogen-bond acceptors (Lipinski definition) is 3. The molecule has 0 spiro atoms. The van der Waals surface area contributed by atoms with Gasteiger partial charge in [-0.2, -0.15) is 0 Å². The molecule has 2 heterocycles. The summed E-state index contributed by atoms with van der Waals surface area (Å²) in [5.74, 6) is 0.747. The van der Waals surface area contributed by atoms with Crippen LogP contribution in [-0.4, -0.2) is 4.98 Å². The molecule has 1 aliphatic carbocycles. The minimum Gasteiger partial charge on any atom is -0.472 e. The second-order valence-electron chi connectivity index (χ2n) is 3.36. The first kappa shape index (κ1) is 7.33. The van der Waals surface area contributed by atoms with Crippen molar-refractivity contribution in [1.29, 1.82) is 0 Å². The van der Waals surface area contributed by atoms with Crippen molar-refractivity contribution >= 4 is 11.3 Å². The molecule has 0 aliphatic heterocycles. The first-order valence-corrected chi connectivity index (χ1v) is 5.29. The van der Waals surface area contributed by atoms with E-state index >= 15 is 0 Å². The van der Waals surface area contributed by atoms with Gasteiger partial charge >= 0.3 is 0 Å². The third-order valence-corrected chi connectivity index (χ3v) is 3.20. The molecule has 0 bridgehead atoms. The molecule has 3 rings (SSSR count). The van der Waals surface area contributed by atoms with Gasteiger partial charge in [0.05, 0.1) is 12.0 Å². The zero-order chi connectivity index (χ0) is 8.67. The van der Waals surface area contributed by atoms with E-state index in [0.717, 1.165) is 16.5 Å². The quantitative estimate of drug-likeness (QED) is 0.728. The van der Waals surface area contributed by atoms with Crippen molar-refractivity contribution in [2.24, 2.45) is 0 Å². The lowest BCUT2D eigenvalue weighted by atomic mass is 10.3. The van der Waals surface area contributed by atoms with Crippen LogP contribution in [0.15, 0.2) is 28.4 Å². The molecule has 2 aromatic rings. The molecule has 1 fully saturated rings. The van der Waals surface area contributed by atoms with Crippen molar-refractivity contribution in [3.05, 3.63) is 29.7 Å². The van der Waals surface area contributed by atoms with E-state index < -0.39 is 0 Å². The van der Waals surface area contributed by atoms with Crippen LogP contribution in [0, 0.1) is 0 Å². The highest BCUT2D eigenvalue weighted by Gasteiger charge is 2.26. The van der Waals surface area contributed by atoms with Gasteiger partial charge in [-0.15, -0.1) is 11.3 Å². The third-order valence-electron chi connectivity index (χ3n) is 2.29. The number of nitrogens with zero attached hydrogens (tertiary/aromatic N) is 1. The summed E-state index contributed by atoms with van der Waals surface area (Å²) in [6, 6.07) is 1.95. The SMILES string of the molecule is c1cc(-c2nc(C3CC3)cs2)co1. The summed E-state index contributed by atoms with van der Waals surface area (Å²) in [5.41, 5.74) is 2.36. The Morgan fingerprint density at radius 1 is 1.46 bits per heavy atom. The second-order valence-corrected chi connectivity index (χ2v) is 4.22. The summed E-state index contributed by atoms with van der Waals surface area (Å²) in [4.78, 5) is 4.57. The molecule has 0 N–H and O–H groups in total. The van der Waals surface area contributed by atoms with Crippen molar-refractivity contribution in [1.82, 2.24) is 4.98 Å². The van der Waals surface area contributed by atoms with Gasteiger partial charge in [0.25, 0.3) is 0 Å². The maximum Gasteiger partial charge on any atom is 0.126 e. The Balaban J connectivity index is 1.97. The normalized spacial score (nSPS) is 16.3. The lowest BCUT2D eigenvalue weighted by molar-refractivity contribution is 0.568. The lowest BCUT2D eigenvalue weighted by Crippen LogP contribution is -1.77. The van der Waals surface area contributed by atoms with Gasteiger partial charge in [0.1, 0.15) is 11.3 Å². The van der Waals surface area contributed by atoms with Crippen molar-refractivity contribution < 1.29 is 4.42 Å². The second kappa shape index (κ2) is 2.70. The third kappa shape index (κ3) is 1.29. The molecular formula is C10H9NOS. The summed E-state index contributed by atoms with van der Waals surface area (Å²) in [7, 11) is 0. The van der Waals surface area contributed by atoms with Crippen LogP contribution in [0.25, 0.3) is 10.6 Å². The lowest BCUT2D eigenvalue weighted by Gasteiger charge is -1.87. The van der Waals surface area contributed by atoms with E-state index in [2.05, 4.69) is 10.4 Å². The van der Waals surface area contributed by atoms with Crippen molar-refractivity contribution in [2.75, 3.05) is 0 Å². The molecule has 3 heteroatoms. The molecule has 0 saturated heterocycles. The fourth-order valence-corrected chi connectivity index (χ4v) is 2.26. The molecule has 0 amide bonds. The molecule has 2 aromatic heterocycles. The highest BCUT2D eigenvalue weighted by Crippen LogP contribution is 2.41. The van der Waals surface area contributed by atoms with Crippen LogP contribution >= 0.6 is 11.3 Å². The number of hydrogen-bond donors (Lipinski definition) is 0. The van der Waals surface area contributed by atoms with Crippen molar-refractivity contribution in [2.45, 2.75) is 18.8 Å². The van der Waals surface area contributed by atoms with Crippen LogP contribution in [-0.2, 0) is 0 Å². The summed E-state index contributed by atoms with van der Waals surface area (Å²) < 4.78 is 5.02. The first-order chi connectivity index (χ1) is 6.43. The monoisotopic (exact) mass is 191 g/mol. The average Bonchev–Trinajstić information content (AvgIpc) is 2.72. The van der Waals surface area contributed by atoms with Gasteiger partial charge < -0.3 is 4.42 Å². The zero-order valence-electron chi connectivity index (χ0n) is 7.06. The molecule has 0 aromatic carbocycles. The molecule has 1 saturated carbocycles. The van der Waals surface area contributed by atoms with Crippen LogP contribution in [0.2, 0.25) is 0 Å². The number of aromatic nitrogens is 1. The van der Waals surface area contributed by atoms with Crippen LogP contribution < -0.4 is 0 Å². The van der Waals surface area contributed by atoms with Gasteiger partial charge in [-0.1, -0.05) is 0 Å². The fraction of sp³-hybridized carbons (Fsp3) is 0.300. The zero-order valence-corrected chi connectivity index (χ0v) is 7.88. The minimum atomic E-state index is 0.747. The summed E-state index contributed by atoms with van der Waals surface area (Å²) in [6.07, 6.45) is 6.06. The van der Waals surface area contributed by atoms with Crippen molar-refractivity contribution in [3.8, 4) is 10.6 Å². The van der Waals surface area contributed by atoms with E-state index in [1.165, 1.54) is 18.5 Å². The van der Waals surface area contributed by atoms with Crippen LogP contribution in [0.4, 0.5) is 0 Å². The Labute approximate surface area is 80.2 Å². The van der Waals surface area contributed by atoms with E-state index in [4.69, 9.17) is 4.42 Å². The molecular weight excluding hydrogens is 182 g/mol. The molecule has 0 radical (unpaired) electrons. The maximum absolute atomic E-state index is 5.02. The van der Waals surface area contributed by atoms with Gasteiger partial charge in [-0.3, -0.25) is 0 Å². The van der Waals surface area contributed by atoms with Gasteiger partial charge in [0.15, 0.2) is 0 Å². The maximum atomic E-state index is 5.02. The molecule has 2 nitrogen and oxygen atoms in total. The van der Waals surface area contributed by atoms with E-state index in [1.807, 2.05) is 6.07 Å². The Kier molecular flexibility index (Phi) is 1.52. The van der Waals surface area contributed by atoms with Gasteiger partial charge in [0, 0.05) is 16.9 Å². The summed E-state index contributed by atoms with van der Waals surface area (Å²) in [6.45, 7) is 0. The predicted molar refractivity (Wildman–Crippen MR) is 51.8 cm³/mol. The van der Waals surface area contributed by atoms with E-state index in [-0.39, 0.29) is 0 Å². The standard InChI is InChI=1S/C10H9NOS/c1-2-7(1)9-6-13-10(11-9)8-3-4-12-5-8/h3-7H,1-2H2. The van der Waals surface area contributed by atoms with Crippen LogP contribution in [0.1, 0.15) is 24.5 Å². The van der Waals surface area contributed by atoms with Gasteiger partial charge in [0.2, 0.25) is 0 Å². The molecule has 1 aliphatic rings. The minimum absolute atomic E-state index is 0.747. The Morgan fingerprint density at radius 2 is 2.38 bits per heavy atom. The van der Waals surface area contributed by atoms with E-state index in [9.17, 15) is 0 Å². The predicted octanol–water partition coefficient (Wildman–Crippen LogP) is 3.28. The highest BCUT2D eigenvalue weighted by atomic mass is 32.1. The molecule has 66 valence electrons. The number of rotatable bonds is 2. The summed E-state index contributed by atoms with van der Waals surface area (Å²) in [5, 5.41) is 3.25. The summed E-state index contributed by atoms with van der Waals surface area (Å²) >= 11 is 1.70. The van der Waals surface area contributed by atoms with Crippen LogP contribution in [0.5, 0.6) is 0 Å². The van der Waals surface area contributed by atoms with Crippen LogP contribution in [0.3, 0.4) is 0 Å².